The smallest absolute Gasteiger partial charge is 0.418 e. The summed E-state index contributed by atoms with van der Waals surface area (Å²) in [6, 6.07) is 18.0. The van der Waals surface area contributed by atoms with E-state index in [1.807, 2.05) is 58.3 Å². The number of methoxy groups -OCH3 is 2. The number of hydrogen-bond donors (Lipinski definition) is 0. The number of anilines is 2. The third kappa shape index (κ3) is 8.21. The summed E-state index contributed by atoms with van der Waals surface area (Å²) in [6.45, 7) is 4.28. The third-order valence-corrected chi connectivity index (χ3v) is 13.7. The van der Waals surface area contributed by atoms with Gasteiger partial charge in [0.05, 0.1) is 54.9 Å². The van der Waals surface area contributed by atoms with Crippen molar-refractivity contribution in [2.24, 2.45) is 5.41 Å². The summed E-state index contributed by atoms with van der Waals surface area (Å²) in [5, 5.41) is 0.0374. The Hall–Kier alpha value is -4.92. The van der Waals surface area contributed by atoms with Gasteiger partial charge in [-0.3, -0.25) is 0 Å². The number of rotatable bonds is 12. The molecule has 5 heterocycles. The maximum atomic E-state index is 17.7. The Morgan fingerprint density at radius 3 is 2.11 bits per heavy atom. The van der Waals surface area contributed by atoms with Crippen LogP contribution < -0.4 is 24.0 Å². The second-order valence-electron chi connectivity index (χ2n) is 17.3. The van der Waals surface area contributed by atoms with Gasteiger partial charge in [0.15, 0.2) is 5.82 Å². The van der Waals surface area contributed by atoms with Gasteiger partial charge in [0.2, 0.25) is 0 Å². The molecule has 3 aromatic carbocycles. The maximum Gasteiger partial charge on any atom is 0.418 e. The first-order chi connectivity index (χ1) is 29.8. The van der Waals surface area contributed by atoms with Gasteiger partial charge in [-0.2, -0.15) is 23.1 Å². The van der Waals surface area contributed by atoms with E-state index in [1.54, 1.807) is 14.2 Å². The molecule has 4 fully saturated rings. The van der Waals surface area contributed by atoms with Crippen molar-refractivity contribution in [1.82, 2.24) is 19.9 Å². The summed E-state index contributed by atoms with van der Waals surface area (Å²) in [5.41, 5.74) is -0.919. The fraction of sp³-hybridized carbons (Fsp3) is 0.468. The Morgan fingerprint density at radius 1 is 0.871 bits per heavy atom. The van der Waals surface area contributed by atoms with E-state index in [2.05, 4.69) is 21.9 Å². The zero-order chi connectivity index (χ0) is 43.3. The van der Waals surface area contributed by atoms with Crippen LogP contribution in [0.5, 0.6) is 17.5 Å². The quantitative estimate of drug-likeness (QED) is 0.113. The highest BCUT2D eigenvalue weighted by atomic mass is 35.5. The Morgan fingerprint density at radius 2 is 1.50 bits per heavy atom. The molecule has 0 spiro atoms. The minimum Gasteiger partial charge on any atom is -0.497 e. The molecular formula is C47H51ClF4N6O4. The highest BCUT2D eigenvalue weighted by Crippen LogP contribution is 2.49. The molecule has 15 heteroatoms. The van der Waals surface area contributed by atoms with E-state index in [0.29, 0.717) is 43.1 Å². The van der Waals surface area contributed by atoms with Crippen LogP contribution in [0.3, 0.4) is 0 Å². The highest BCUT2D eigenvalue weighted by molar-refractivity contribution is 6.34. The van der Waals surface area contributed by atoms with Crippen molar-refractivity contribution < 1.29 is 36.5 Å². The third-order valence-electron chi connectivity index (χ3n) is 13.4. The second kappa shape index (κ2) is 17.0. The van der Waals surface area contributed by atoms with Gasteiger partial charge >= 0.3 is 12.2 Å². The first-order valence-corrected chi connectivity index (χ1v) is 21.7. The van der Waals surface area contributed by atoms with Gasteiger partial charge in [-0.1, -0.05) is 42.3 Å². The molecule has 0 amide bonds. The summed E-state index contributed by atoms with van der Waals surface area (Å²) < 4.78 is 86.9. The van der Waals surface area contributed by atoms with Gasteiger partial charge in [0.1, 0.15) is 28.7 Å². The molecule has 2 aromatic heterocycles. The van der Waals surface area contributed by atoms with E-state index in [-0.39, 0.29) is 64.0 Å². The van der Waals surface area contributed by atoms with Gasteiger partial charge in [-0.05, 0) is 112 Å². The number of nitrogens with zero attached hydrogens (tertiary/aromatic N) is 6. The monoisotopic (exact) mass is 874 g/mol. The SMILES string of the molecule is COc1ccc(CN(Cc2ccc(OC)cc2)c2cc(C)c(C(F)(F)F)c(-c3c(Cl)cc4c(N5CC6CCC(C5)O6)nc(OC[C@]56CCC[C@H]5N(C)CCC6)nc4c3F)n2)cc1. The number of morpholine rings is 1. The molecule has 10 nitrogen and oxygen atoms in total. The average molecular weight is 875 g/mol. The van der Waals surface area contributed by atoms with Crippen LogP contribution in [0.15, 0.2) is 60.7 Å². The number of fused-ring (bicyclic) bond motifs is 4. The number of likely N-dealkylation sites (tertiary alicyclic amines) is 1. The fourth-order valence-electron chi connectivity index (χ4n) is 10.3. The minimum atomic E-state index is -4.91. The maximum absolute atomic E-state index is 17.7. The lowest BCUT2D eigenvalue weighted by Gasteiger charge is -2.44. The first-order valence-electron chi connectivity index (χ1n) is 21.4. The minimum absolute atomic E-state index is 0.0224. The molecule has 1 saturated carbocycles. The van der Waals surface area contributed by atoms with Crippen molar-refractivity contribution in [2.45, 2.75) is 89.4 Å². The predicted molar refractivity (Wildman–Crippen MR) is 231 cm³/mol. The zero-order valence-corrected chi connectivity index (χ0v) is 36.2. The summed E-state index contributed by atoms with van der Waals surface area (Å²) >= 11 is 7.00. The molecule has 3 saturated heterocycles. The molecule has 5 aromatic rings. The normalized spacial score (nSPS) is 22.5. The second-order valence-corrected chi connectivity index (χ2v) is 17.8. The lowest BCUT2D eigenvalue weighted by atomic mass is 9.76. The van der Waals surface area contributed by atoms with E-state index in [1.165, 1.54) is 19.1 Å². The molecule has 2 unspecified atom stereocenters. The van der Waals surface area contributed by atoms with Gasteiger partial charge in [-0.25, -0.2) is 9.37 Å². The molecule has 0 radical (unpaired) electrons. The number of hydrogen-bond acceptors (Lipinski definition) is 10. The van der Waals surface area contributed by atoms with E-state index in [0.717, 1.165) is 62.6 Å². The number of piperidine rings is 1. The van der Waals surface area contributed by atoms with Crippen LogP contribution in [-0.4, -0.2) is 85.6 Å². The highest BCUT2D eigenvalue weighted by Gasteiger charge is 2.48. The van der Waals surface area contributed by atoms with Gasteiger partial charge < -0.3 is 33.6 Å². The van der Waals surface area contributed by atoms with Gasteiger partial charge in [0.25, 0.3) is 0 Å². The summed E-state index contributed by atoms with van der Waals surface area (Å²) in [6.07, 6.45) is 2.01. The molecule has 2 bridgehead atoms. The molecule has 1 aliphatic carbocycles. The molecular weight excluding hydrogens is 824 g/mol. The number of alkyl halides is 3. The average Bonchev–Trinajstić information content (AvgIpc) is 3.85. The number of aromatic nitrogens is 3. The Labute approximate surface area is 364 Å². The Bertz CT molecular complexity index is 2380. The molecule has 328 valence electrons. The molecule has 0 N–H and O–H groups in total. The van der Waals surface area contributed by atoms with E-state index < -0.39 is 28.8 Å². The number of pyridine rings is 1. The van der Waals surface area contributed by atoms with E-state index >= 15 is 17.6 Å². The number of halogens is 5. The molecule has 3 aliphatic heterocycles. The molecule has 4 aliphatic rings. The van der Waals surface area contributed by atoms with Crippen LogP contribution in [0, 0.1) is 18.2 Å². The number of ether oxygens (including phenoxy) is 4. The van der Waals surface area contributed by atoms with Crippen molar-refractivity contribution in [3.8, 4) is 28.8 Å². The van der Waals surface area contributed by atoms with Crippen molar-refractivity contribution in [3.05, 3.63) is 93.8 Å². The predicted octanol–water partition coefficient (Wildman–Crippen LogP) is 10.0. The summed E-state index contributed by atoms with van der Waals surface area (Å²) in [5.74, 6) is 0.906. The van der Waals surface area contributed by atoms with Crippen LogP contribution in [0.4, 0.5) is 29.2 Å². The fourth-order valence-corrected chi connectivity index (χ4v) is 10.6. The van der Waals surface area contributed by atoms with Crippen LogP contribution in [0.25, 0.3) is 22.2 Å². The Balaban J connectivity index is 1.18. The van der Waals surface area contributed by atoms with Crippen molar-refractivity contribution >= 4 is 34.1 Å². The number of aryl methyl sites for hydroxylation is 1. The number of benzene rings is 3. The molecule has 9 rings (SSSR count). The topological polar surface area (TPSA) is 85.3 Å². The van der Waals surface area contributed by atoms with Gasteiger partial charge in [-0.15, -0.1) is 0 Å². The zero-order valence-electron chi connectivity index (χ0n) is 35.4. The summed E-state index contributed by atoms with van der Waals surface area (Å²) in [4.78, 5) is 20.6. The van der Waals surface area contributed by atoms with Crippen LogP contribution in [0.2, 0.25) is 5.02 Å². The molecule has 4 atom stereocenters. The van der Waals surface area contributed by atoms with E-state index in [4.69, 9.17) is 35.5 Å². The standard InChI is InChI=1S/C47H51ClF4N6O4/c1-28-21-38(57(23-29-8-12-31(59-3)13-9-29)24-30-10-14-32(60-4)15-11-30)53-43(40(28)47(50,51)52)39-36(48)22-35-42(41(39)49)54-45(55-44(35)58-25-33-16-17-34(26-58)62-33)61-27-46-18-5-7-37(46)56(2)20-6-19-46/h8-15,21-22,33-34,37H,5-7,16-20,23-27H2,1-4H3/t33?,34?,37-,46-/m1/s1. The Kier molecular flexibility index (Phi) is 11.6. The van der Waals surface area contributed by atoms with Crippen molar-refractivity contribution in [1.29, 1.82) is 0 Å². The summed E-state index contributed by atoms with van der Waals surface area (Å²) in [7, 11) is 5.30. The van der Waals surface area contributed by atoms with Crippen LogP contribution in [0.1, 0.15) is 67.2 Å². The molecule has 62 heavy (non-hydrogen) atoms. The lowest BCUT2D eigenvalue weighted by molar-refractivity contribution is -0.137. The van der Waals surface area contributed by atoms with Crippen LogP contribution >= 0.6 is 11.6 Å². The van der Waals surface area contributed by atoms with Gasteiger partial charge in [0, 0.05) is 43.0 Å². The first kappa shape index (κ1) is 42.4. The van der Waals surface area contributed by atoms with E-state index in [9.17, 15) is 0 Å². The lowest BCUT2D eigenvalue weighted by Crippen LogP contribution is -2.50. The van der Waals surface area contributed by atoms with Crippen molar-refractivity contribution in [3.63, 3.8) is 0 Å². The van der Waals surface area contributed by atoms with Crippen LogP contribution in [-0.2, 0) is 24.0 Å². The largest absolute Gasteiger partial charge is 0.497 e. The van der Waals surface area contributed by atoms with Crippen molar-refractivity contribution in [2.75, 3.05) is 57.3 Å².